The molecule has 131 valence electrons. The lowest BCUT2D eigenvalue weighted by molar-refractivity contribution is -0.119. The first-order valence-electron chi connectivity index (χ1n) is 8.07. The Morgan fingerprint density at radius 3 is 2.67 bits per heavy atom. The zero-order valence-corrected chi connectivity index (χ0v) is 13.2. The van der Waals surface area contributed by atoms with Gasteiger partial charge in [0.1, 0.15) is 0 Å². The molecule has 1 aromatic carbocycles. The van der Waals surface area contributed by atoms with Crippen molar-refractivity contribution in [1.29, 1.82) is 0 Å². The van der Waals surface area contributed by atoms with Crippen LogP contribution < -0.4 is 10.5 Å². The summed E-state index contributed by atoms with van der Waals surface area (Å²) in [7, 11) is 1.31. The van der Waals surface area contributed by atoms with Gasteiger partial charge >= 0.3 is 7.48 Å². The Kier molecular flexibility index (Phi) is 4.81. The molecule has 0 bridgehead atoms. The van der Waals surface area contributed by atoms with E-state index in [4.69, 9.17) is 15.1 Å². The molecule has 1 saturated carbocycles. The van der Waals surface area contributed by atoms with Crippen LogP contribution in [0.3, 0.4) is 0 Å². The Hall–Kier alpha value is -1.25. The quantitative estimate of drug-likeness (QED) is 0.652. The van der Waals surface area contributed by atoms with Crippen LogP contribution in [0.4, 0.5) is 13.2 Å². The molecule has 0 spiro atoms. The Balaban J connectivity index is 1.62. The van der Waals surface area contributed by atoms with Gasteiger partial charge in [-0.1, -0.05) is 12.1 Å². The molecule has 3 N–H and O–H groups in total. The van der Waals surface area contributed by atoms with Crippen LogP contribution in [0.1, 0.15) is 43.5 Å². The smallest absolute Gasteiger partial charge is 0.306 e. The van der Waals surface area contributed by atoms with Crippen molar-refractivity contribution in [2.75, 3.05) is 6.61 Å². The van der Waals surface area contributed by atoms with E-state index in [1.54, 1.807) is 12.1 Å². The minimum Gasteiger partial charge on any atom is -0.490 e. The van der Waals surface area contributed by atoms with E-state index in [0.717, 1.165) is 0 Å². The van der Waals surface area contributed by atoms with Gasteiger partial charge in [0, 0.05) is 19.3 Å². The van der Waals surface area contributed by atoms with E-state index < -0.39 is 23.5 Å². The first-order valence-corrected chi connectivity index (χ1v) is 8.07. The SMILES string of the molecule is NC1(O)CC(c2cccc(OCC3CCC(F)(F)CC3)c2F)[B]O1. The standard InChI is InChI=1S/C16H20BF3NO3/c18-14-11(12-8-16(21,22)24-17-12)2-1-3-13(14)23-9-10-4-6-15(19,20)7-5-10/h1-3,10,12,22H,4-9,21H2. The van der Waals surface area contributed by atoms with Gasteiger partial charge in [0.2, 0.25) is 11.8 Å². The lowest BCUT2D eigenvalue weighted by atomic mass is 9.75. The molecule has 2 atom stereocenters. The molecule has 2 aliphatic rings. The topological polar surface area (TPSA) is 64.7 Å². The number of hydrogen-bond acceptors (Lipinski definition) is 4. The van der Waals surface area contributed by atoms with Crippen LogP contribution in [0.25, 0.3) is 0 Å². The van der Waals surface area contributed by atoms with Crippen molar-refractivity contribution in [1.82, 2.24) is 0 Å². The average Bonchev–Trinajstić information content (AvgIpc) is 2.87. The van der Waals surface area contributed by atoms with Gasteiger partial charge in [-0.05, 0) is 36.2 Å². The minimum absolute atomic E-state index is 0.00295. The lowest BCUT2D eigenvalue weighted by Crippen LogP contribution is -2.38. The van der Waals surface area contributed by atoms with Gasteiger partial charge in [0.05, 0.1) is 6.61 Å². The average molecular weight is 342 g/mol. The van der Waals surface area contributed by atoms with Gasteiger partial charge in [0.25, 0.3) is 0 Å². The maximum atomic E-state index is 14.6. The zero-order valence-electron chi connectivity index (χ0n) is 13.2. The predicted molar refractivity (Wildman–Crippen MR) is 82.1 cm³/mol. The molecule has 1 radical (unpaired) electrons. The van der Waals surface area contributed by atoms with Crippen LogP contribution in [-0.4, -0.2) is 31.0 Å². The number of rotatable bonds is 4. The third-order valence-electron chi connectivity index (χ3n) is 4.65. The van der Waals surface area contributed by atoms with Crippen molar-refractivity contribution in [3.63, 3.8) is 0 Å². The molecule has 24 heavy (non-hydrogen) atoms. The molecular weight excluding hydrogens is 322 g/mol. The highest BCUT2D eigenvalue weighted by molar-refractivity contribution is 6.31. The number of benzene rings is 1. The van der Waals surface area contributed by atoms with Gasteiger partial charge in [-0.15, -0.1) is 0 Å². The first kappa shape index (κ1) is 17.6. The van der Waals surface area contributed by atoms with Crippen molar-refractivity contribution < 1.29 is 27.7 Å². The van der Waals surface area contributed by atoms with Crippen LogP contribution in [0.5, 0.6) is 5.75 Å². The van der Waals surface area contributed by atoms with E-state index in [-0.39, 0.29) is 37.5 Å². The summed E-state index contributed by atoms with van der Waals surface area (Å²) < 4.78 is 51.3. The second-order valence-corrected chi connectivity index (χ2v) is 6.68. The van der Waals surface area contributed by atoms with Crippen LogP contribution in [0, 0.1) is 11.7 Å². The molecule has 1 aliphatic heterocycles. The fourth-order valence-corrected chi connectivity index (χ4v) is 3.19. The van der Waals surface area contributed by atoms with Gasteiger partial charge in [-0.25, -0.2) is 13.2 Å². The first-order chi connectivity index (χ1) is 11.3. The highest BCUT2D eigenvalue weighted by Crippen LogP contribution is 2.37. The summed E-state index contributed by atoms with van der Waals surface area (Å²) in [5.74, 6) is -5.31. The highest BCUT2D eigenvalue weighted by atomic mass is 19.3. The summed E-state index contributed by atoms with van der Waals surface area (Å²) >= 11 is 0. The molecule has 0 aromatic heterocycles. The van der Waals surface area contributed by atoms with E-state index in [1.165, 1.54) is 13.5 Å². The van der Waals surface area contributed by atoms with Crippen LogP contribution >= 0.6 is 0 Å². The van der Waals surface area contributed by atoms with E-state index in [9.17, 15) is 18.3 Å². The Labute approximate surface area is 139 Å². The summed E-state index contributed by atoms with van der Waals surface area (Å²) in [4.78, 5) is 0. The van der Waals surface area contributed by atoms with E-state index in [0.29, 0.717) is 18.4 Å². The van der Waals surface area contributed by atoms with Crippen molar-refractivity contribution in [2.45, 2.75) is 49.8 Å². The monoisotopic (exact) mass is 342 g/mol. The third-order valence-corrected chi connectivity index (χ3v) is 4.65. The van der Waals surface area contributed by atoms with Crippen molar-refractivity contribution in [3.8, 4) is 5.75 Å². The molecule has 8 heteroatoms. The summed E-state index contributed by atoms with van der Waals surface area (Å²) in [6, 6.07) is 4.72. The predicted octanol–water partition coefficient (Wildman–Crippen LogP) is 2.72. The molecule has 1 heterocycles. The molecule has 4 nitrogen and oxygen atoms in total. The summed E-state index contributed by atoms with van der Waals surface area (Å²) in [5.41, 5.74) is 5.78. The second kappa shape index (κ2) is 6.57. The highest BCUT2D eigenvalue weighted by Gasteiger charge is 2.39. The largest absolute Gasteiger partial charge is 0.490 e. The Morgan fingerprint density at radius 2 is 2.04 bits per heavy atom. The maximum Gasteiger partial charge on any atom is 0.306 e. The van der Waals surface area contributed by atoms with E-state index in [1.807, 2.05) is 0 Å². The Morgan fingerprint density at radius 1 is 1.33 bits per heavy atom. The van der Waals surface area contributed by atoms with Crippen LogP contribution in [0.2, 0.25) is 0 Å². The van der Waals surface area contributed by atoms with Crippen LogP contribution in [-0.2, 0) is 4.65 Å². The number of ether oxygens (including phenoxy) is 1. The fraction of sp³-hybridized carbons (Fsp3) is 0.625. The summed E-state index contributed by atoms with van der Waals surface area (Å²) in [6.45, 7) is 0.210. The number of nitrogens with two attached hydrogens (primary N) is 1. The van der Waals surface area contributed by atoms with Crippen molar-refractivity contribution in [2.24, 2.45) is 11.7 Å². The maximum absolute atomic E-state index is 14.6. The molecule has 2 fully saturated rings. The minimum atomic E-state index is -2.58. The molecule has 3 rings (SSSR count). The summed E-state index contributed by atoms with van der Waals surface area (Å²) in [5, 5.41) is 9.61. The molecule has 1 saturated heterocycles. The van der Waals surface area contributed by atoms with Gasteiger partial charge in [0.15, 0.2) is 11.6 Å². The van der Waals surface area contributed by atoms with E-state index >= 15 is 0 Å². The second-order valence-electron chi connectivity index (χ2n) is 6.68. The number of alkyl halides is 2. The number of hydrogen-bond donors (Lipinski definition) is 2. The van der Waals surface area contributed by atoms with Gasteiger partial charge in [-0.3, -0.25) is 5.73 Å². The Bertz CT molecular complexity index is 590. The summed E-state index contributed by atoms with van der Waals surface area (Å²) in [6.07, 6.45) is 0.503. The molecule has 2 unspecified atom stereocenters. The van der Waals surface area contributed by atoms with Gasteiger partial charge in [-0.2, -0.15) is 0 Å². The molecule has 1 aromatic rings. The molecule has 1 aliphatic carbocycles. The van der Waals surface area contributed by atoms with Crippen LogP contribution in [0.15, 0.2) is 18.2 Å². The fourth-order valence-electron chi connectivity index (χ4n) is 3.19. The van der Waals surface area contributed by atoms with Crippen molar-refractivity contribution >= 4 is 7.48 Å². The molecular formula is C16H20BF3NO3. The normalized spacial score (nSPS) is 30.1. The number of aliphatic hydroxyl groups is 1. The third kappa shape index (κ3) is 4.04. The number of halogens is 3. The van der Waals surface area contributed by atoms with Crippen molar-refractivity contribution in [3.05, 3.63) is 29.6 Å². The zero-order chi connectivity index (χ0) is 17.4. The lowest BCUT2D eigenvalue weighted by Gasteiger charge is -2.28. The van der Waals surface area contributed by atoms with E-state index in [2.05, 4.69) is 0 Å². The van der Waals surface area contributed by atoms with Gasteiger partial charge < -0.3 is 14.5 Å². The molecule has 0 amide bonds.